The molecule has 2 aromatic rings. The summed E-state index contributed by atoms with van der Waals surface area (Å²) in [5.41, 5.74) is 0.161. The molecule has 11 heteroatoms. The van der Waals surface area contributed by atoms with Gasteiger partial charge in [-0.1, -0.05) is 18.9 Å². The molecule has 5 rings (SSSR count). The van der Waals surface area contributed by atoms with Gasteiger partial charge in [0.2, 0.25) is 5.95 Å². The van der Waals surface area contributed by atoms with Crippen LogP contribution in [0.25, 0.3) is 0 Å². The fraction of sp³-hybridized carbons (Fsp3) is 0.522. The Kier molecular flexibility index (Phi) is 6.30. The van der Waals surface area contributed by atoms with Crippen molar-refractivity contribution >= 4 is 17.7 Å². The molecule has 0 radical (unpaired) electrons. The predicted molar refractivity (Wildman–Crippen MR) is 115 cm³/mol. The van der Waals surface area contributed by atoms with Crippen molar-refractivity contribution < 1.29 is 32.2 Å². The molecular formula is C23H25F3N4O4. The van der Waals surface area contributed by atoms with Crippen LogP contribution in [0.15, 0.2) is 36.5 Å². The molecule has 1 amide bonds. The van der Waals surface area contributed by atoms with Crippen molar-refractivity contribution in [1.29, 1.82) is 0 Å². The molecule has 0 bridgehead atoms. The minimum atomic E-state index is -4.51. The van der Waals surface area contributed by atoms with Gasteiger partial charge in [-0.05, 0) is 37.1 Å². The molecule has 34 heavy (non-hydrogen) atoms. The number of hydrogen-bond donors (Lipinski definition) is 2. The summed E-state index contributed by atoms with van der Waals surface area (Å²) in [5, 5.41) is 5.61. The van der Waals surface area contributed by atoms with Crippen LogP contribution in [0.1, 0.15) is 42.9 Å². The first-order valence-corrected chi connectivity index (χ1v) is 11.3. The van der Waals surface area contributed by atoms with Crippen LogP contribution in [0.4, 0.5) is 29.6 Å². The SMILES string of the molecule is O=C(Nc1cccc(C(F)(F)F)c1)O[C@@H]1CO[C@H]2[C@@H]1OC[C@@H]2Nc1nccc(C2CCCC2)n1. The van der Waals surface area contributed by atoms with E-state index in [0.29, 0.717) is 18.5 Å². The number of hydrogen-bond acceptors (Lipinski definition) is 7. The number of anilines is 2. The highest BCUT2D eigenvalue weighted by atomic mass is 19.4. The number of fused-ring (bicyclic) bond motifs is 1. The Bertz CT molecular complexity index is 1030. The number of amides is 1. The van der Waals surface area contributed by atoms with Crippen molar-refractivity contribution in [3.05, 3.63) is 47.8 Å². The molecule has 2 saturated heterocycles. The second-order valence-electron chi connectivity index (χ2n) is 8.78. The third-order valence-electron chi connectivity index (χ3n) is 6.47. The molecule has 2 N–H and O–H groups in total. The lowest BCUT2D eigenvalue weighted by Crippen LogP contribution is -2.38. The van der Waals surface area contributed by atoms with E-state index in [2.05, 4.69) is 20.6 Å². The largest absolute Gasteiger partial charge is 0.441 e. The average molecular weight is 478 g/mol. The lowest BCUT2D eigenvalue weighted by atomic mass is 10.0. The van der Waals surface area contributed by atoms with E-state index in [1.165, 1.54) is 25.0 Å². The fourth-order valence-corrected chi connectivity index (χ4v) is 4.80. The number of nitrogens with zero attached hydrogens (tertiary/aromatic N) is 2. The number of rotatable bonds is 5. The molecule has 3 aliphatic rings. The second-order valence-corrected chi connectivity index (χ2v) is 8.78. The van der Waals surface area contributed by atoms with Crippen molar-refractivity contribution in [3.8, 4) is 0 Å². The van der Waals surface area contributed by atoms with Crippen molar-refractivity contribution in [3.63, 3.8) is 0 Å². The first kappa shape index (κ1) is 22.9. The number of alkyl halides is 3. The molecule has 2 aliphatic heterocycles. The van der Waals surface area contributed by atoms with Gasteiger partial charge in [-0.2, -0.15) is 13.2 Å². The summed E-state index contributed by atoms with van der Waals surface area (Å²) in [6, 6.07) is 6.08. The molecule has 182 valence electrons. The van der Waals surface area contributed by atoms with Crippen molar-refractivity contribution in [2.75, 3.05) is 23.8 Å². The zero-order chi connectivity index (χ0) is 23.7. The highest BCUT2D eigenvalue weighted by Gasteiger charge is 2.49. The summed E-state index contributed by atoms with van der Waals surface area (Å²) >= 11 is 0. The fourth-order valence-electron chi connectivity index (χ4n) is 4.80. The van der Waals surface area contributed by atoms with Gasteiger partial charge in [-0.15, -0.1) is 0 Å². The van der Waals surface area contributed by atoms with E-state index in [-0.39, 0.29) is 24.4 Å². The van der Waals surface area contributed by atoms with E-state index < -0.39 is 30.0 Å². The monoisotopic (exact) mass is 478 g/mol. The zero-order valence-electron chi connectivity index (χ0n) is 18.3. The molecule has 0 spiro atoms. The molecule has 1 aromatic heterocycles. The van der Waals surface area contributed by atoms with Crippen LogP contribution in [0, 0.1) is 0 Å². The van der Waals surface area contributed by atoms with Gasteiger partial charge in [0.25, 0.3) is 0 Å². The molecular weight excluding hydrogens is 453 g/mol. The van der Waals surface area contributed by atoms with E-state index in [9.17, 15) is 18.0 Å². The third-order valence-corrected chi connectivity index (χ3v) is 6.47. The summed E-state index contributed by atoms with van der Waals surface area (Å²) in [5.74, 6) is 0.973. The Hall–Kier alpha value is -2.92. The van der Waals surface area contributed by atoms with Crippen LogP contribution in [-0.2, 0) is 20.4 Å². The van der Waals surface area contributed by atoms with Gasteiger partial charge < -0.3 is 19.5 Å². The zero-order valence-corrected chi connectivity index (χ0v) is 18.3. The summed E-state index contributed by atoms with van der Waals surface area (Å²) in [6.07, 6.45) is -0.481. The van der Waals surface area contributed by atoms with Gasteiger partial charge in [0, 0.05) is 23.5 Å². The number of benzene rings is 1. The van der Waals surface area contributed by atoms with Gasteiger partial charge in [-0.3, -0.25) is 5.32 Å². The van der Waals surface area contributed by atoms with Crippen LogP contribution in [0.2, 0.25) is 0 Å². The van der Waals surface area contributed by atoms with Gasteiger partial charge in [0.1, 0.15) is 12.2 Å². The summed E-state index contributed by atoms with van der Waals surface area (Å²) < 4.78 is 55.7. The van der Waals surface area contributed by atoms with Crippen molar-refractivity contribution in [1.82, 2.24) is 9.97 Å². The lowest BCUT2D eigenvalue weighted by Gasteiger charge is -2.18. The van der Waals surface area contributed by atoms with Crippen molar-refractivity contribution in [2.45, 2.75) is 62.1 Å². The molecule has 4 atom stereocenters. The highest BCUT2D eigenvalue weighted by Crippen LogP contribution is 2.34. The summed E-state index contributed by atoms with van der Waals surface area (Å²) in [4.78, 5) is 21.3. The Morgan fingerprint density at radius 3 is 2.68 bits per heavy atom. The van der Waals surface area contributed by atoms with Gasteiger partial charge >= 0.3 is 12.3 Å². The van der Waals surface area contributed by atoms with E-state index in [0.717, 1.165) is 30.7 Å². The third kappa shape index (κ3) is 4.95. The average Bonchev–Trinajstić information content (AvgIpc) is 3.54. The van der Waals surface area contributed by atoms with Crippen LogP contribution in [0.3, 0.4) is 0 Å². The Balaban J connectivity index is 1.17. The first-order chi connectivity index (χ1) is 16.4. The molecule has 8 nitrogen and oxygen atoms in total. The maximum Gasteiger partial charge on any atom is 0.416 e. The van der Waals surface area contributed by atoms with Crippen molar-refractivity contribution in [2.24, 2.45) is 0 Å². The molecule has 0 unspecified atom stereocenters. The molecule has 3 heterocycles. The van der Waals surface area contributed by atoms with Gasteiger partial charge in [0.15, 0.2) is 6.10 Å². The second kappa shape index (κ2) is 9.38. The standard InChI is InChI=1S/C23H25F3N4O4/c24-23(25,26)14-6-3-7-15(10-14)28-22(31)34-18-12-33-19-17(11-32-20(18)19)30-21-27-9-8-16(29-21)13-4-1-2-5-13/h3,6-10,13,17-20H,1-2,4-5,11-12H2,(H,28,31)(H,27,29,30)/t17-,18+,19+,20+/m0/s1. The lowest BCUT2D eigenvalue weighted by molar-refractivity contribution is -0.137. The van der Waals surface area contributed by atoms with E-state index in [1.807, 2.05) is 6.07 Å². The highest BCUT2D eigenvalue weighted by molar-refractivity contribution is 5.84. The molecule has 1 saturated carbocycles. The van der Waals surface area contributed by atoms with Gasteiger partial charge in [-0.25, -0.2) is 14.8 Å². The van der Waals surface area contributed by atoms with Crippen LogP contribution in [-0.4, -0.2) is 53.6 Å². The van der Waals surface area contributed by atoms with E-state index in [4.69, 9.17) is 14.2 Å². The van der Waals surface area contributed by atoms with E-state index in [1.54, 1.807) is 6.20 Å². The quantitative estimate of drug-likeness (QED) is 0.660. The number of halogens is 3. The van der Waals surface area contributed by atoms with E-state index >= 15 is 0 Å². The topological polar surface area (TPSA) is 94.6 Å². The number of ether oxygens (including phenoxy) is 3. The first-order valence-electron chi connectivity index (χ1n) is 11.3. The molecule has 1 aromatic carbocycles. The Morgan fingerprint density at radius 1 is 1.09 bits per heavy atom. The number of nitrogens with one attached hydrogen (secondary N) is 2. The minimum Gasteiger partial charge on any atom is -0.441 e. The predicted octanol–water partition coefficient (Wildman–Crippen LogP) is 4.35. The maximum atomic E-state index is 12.9. The number of aromatic nitrogens is 2. The molecule has 1 aliphatic carbocycles. The summed E-state index contributed by atoms with van der Waals surface area (Å²) in [6.45, 7) is 0.438. The molecule has 3 fully saturated rings. The van der Waals surface area contributed by atoms with Crippen LogP contribution < -0.4 is 10.6 Å². The maximum absolute atomic E-state index is 12.9. The number of carbonyl (C=O) groups excluding carboxylic acids is 1. The van der Waals surface area contributed by atoms with Crippen LogP contribution in [0.5, 0.6) is 0 Å². The minimum absolute atomic E-state index is 0.0125. The van der Waals surface area contributed by atoms with Crippen LogP contribution >= 0.6 is 0 Å². The normalized spacial score (nSPS) is 26.9. The summed E-state index contributed by atoms with van der Waals surface area (Å²) in [7, 11) is 0. The number of carbonyl (C=O) groups is 1. The smallest absolute Gasteiger partial charge is 0.416 e. The van der Waals surface area contributed by atoms with Gasteiger partial charge in [0.05, 0.1) is 24.8 Å². The Morgan fingerprint density at radius 2 is 1.88 bits per heavy atom. The Labute approximate surface area is 194 Å².